The molecule has 0 aliphatic rings. The molecule has 0 amide bonds. The van der Waals surface area contributed by atoms with Crippen molar-refractivity contribution in [1.29, 1.82) is 0 Å². The van der Waals surface area contributed by atoms with Crippen molar-refractivity contribution in [3.8, 4) is 0 Å². The maximum atomic E-state index is 4.40. The number of aromatic nitrogens is 1. The first-order valence-electron chi connectivity index (χ1n) is 7.29. The van der Waals surface area contributed by atoms with E-state index < -0.39 is 0 Å². The zero-order valence-corrected chi connectivity index (χ0v) is 12.8. The van der Waals surface area contributed by atoms with E-state index >= 15 is 0 Å². The molecule has 0 aliphatic carbocycles. The van der Waals surface area contributed by atoms with Gasteiger partial charge in [0, 0.05) is 23.8 Å². The normalized spacial score (nSPS) is 10.8. The van der Waals surface area contributed by atoms with Crippen molar-refractivity contribution in [1.82, 2.24) is 4.98 Å². The van der Waals surface area contributed by atoms with Gasteiger partial charge in [0.2, 0.25) is 0 Å². The summed E-state index contributed by atoms with van der Waals surface area (Å²) in [5, 5.41) is 4.73. The molecular weight excluding hydrogens is 256 g/mol. The minimum atomic E-state index is 0.839. The first kappa shape index (κ1) is 13.6. The Balaban J connectivity index is 1.91. The van der Waals surface area contributed by atoms with Gasteiger partial charge in [-0.1, -0.05) is 23.8 Å². The number of hydrogen-bond donors (Lipinski definition) is 1. The lowest BCUT2D eigenvalue weighted by Gasteiger charge is -2.14. The lowest BCUT2D eigenvalue weighted by molar-refractivity contribution is 1.08. The third-order valence-electron chi connectivity index (χ3n) is 3.94. The van der Waals surface area contributed by atoms with Crippen LogP contribution in [-0.2, 0) is 6.54 Å². The summed E-state index contributed by atoms with van der Waals surface area (Å²) >= 11 is 0. The number of pyridine rings is 1. The molecule has 106 valence electrons. The van der Waals surface area contributed by atoms with Crippen LogP contribution >= 0.6 is 0 Å². The Morgan fingerprint density at radius 3 is 2.48 bits per heavy atom. The van der Waals surface area contributed by atoms with Crippen LogP contribution in [0.25, 0.3) is 10.9 Å². The molecule has 0 unspecified atom stereocenters. The Labute approximate surface area is 125 Å². The van der Waals surface area contributed by atoms with E-state index in [1.165, 1.54) is 27.6 Å². The summed E-state index contributed by atoms with van der Waals surface area (Å²) in [5.74, 6) is 0. The fraction of sp³-hybridized carbons (Fsp3) is 0.211. The number of benzene rings is 2. The van der Waals surface area contributed by atoms with Crippen LogP contribution in [0.15, 0.2) is 48.7 Å². The smallest absolute Gasteiger partial charge is 0.0722 e. The molecule has 2 aromatic carbocycles. The van der Waals surface area contributed by atoms with Crippen LogP contribution in [0.5, 0.6) is 0 Å². The lowest BCUT2D eigenvalue weighted by atomic mass is 9.99. The standard InChI is InChI=1S/C19H20N2/c1-13-10-14(2)17(15(3)11-13)12-21-19-8-4-7-18-16(19)6-5-9-20-18/h4-11,21H,12H2,1-3H3. The van der Waals surface area contributed by atoms with E-state index in [9.17, 15) is 0 Å². The second-order valence-corrected chi connectivity index (χ2v) is 5.61. The van der Waals surface area contributed by atoms with Gasteiger partial charge in [-0.25, -0.2) is 0 Å². The average molecular weight is 276 g/mol. The molecule has 2 nitrogen and oxygen atoms in total. The van der Waals surface area contributed by atoms with Crippen LogP contribution in [0.3, 0.4) is 0 Å². The number of nitrogens with zero attached hydrogens (tertiary/aromatic N) is 1. The van der Waals surface area contributed by atoms with Crippen LogP contribution in [0.1, 0.15) is 22.3 Å². The Kier molecular flexibility index (Phi) is 3.61. The summed E-state index contributed by atoms with van der Waals surface area (Å²) in [6, 6.07) is 14.8. The minimum absolute atomic E-state index is 0.839. The second kappa shape index (κ2) is 5.57. The van der Waals surface area contributed by atoms with Crippen LogP contribution < -0.4 is 5.32 Å². The van der Waals surface area contributed by atoms with Crippen molar-refractivity contribution in [2.24, 2.45) is 0 Å². The summed E-state index contributed by atoms with van der Waals surface area (Å²) in [5.41, 5.74) is 7.56. The van der Waals surface area contributed by atoms with Gasteiger partial charge in [0.25, 0.3) is 0 Å². The largest absolute Gasteiger partial charge is 0.380 e. The summed E-state index contributed by atoms with van der Waals surface area (Å²) in [7, 11) is 0. The summed E-state index contributed by atoms with van der Waals surface area (Å²) in [6.45, 7) is 7.35. The van der Waals surface area contributed by atoms with E-state index in [0.29, 0.717) is 0 Å². The molecule has 0 spiro atoms. The molecule has 0 radical (unpaired) electrons. The van der Waals surface area contributed by atoms with Gasteiger partial charge in [0.15, 0.2) is 0 Å². The molecule has 0 saturated heterocycles. The van der Waals surface area contributed by atoms with Gasteiger partial charge in [0.1, 0.15) is 0 Å². The molecule has 0 fully saturated rings. The Morgan fingerprint density at radius 1 is 0.952 bits per heavy atom. The van der Waals surface area contributed by atoms with Crippen molar-refractivity contribution in [2.75, 3.05) is 5.32 Å². The third kappa shape index (κ3) is 2.75. The number of fused-ring (bicyclic) bond motifs is 1. The van der Waals surface area contributed by atoms with Gasteiger partial charge in [-0.15, -0.1) is 0 Å². The molecule has 0 atom stereocenters. The molecule has 1 N–H and O–H groups in total. The zero-order chi connectivity index (χ0) is 14.8. The third-order valence-corrected chi connectivity index (χ3v) is 3.94. The van der Waals surface area contributed by atoms with Crippen molar-refractivity contribution in [3.63, 3.8) is 0 Å². The number of hydrogen-bond acceptors (Lipinski definition) is 2. The maximum absolute atomic E-state index is 4.40. The van der Waals surface area contributed by atoms with E-state index in [2.05, 4.69) is 55.3 Å². The van der Waals surface area contributed by atoms with Gasteiger partial charge in [0.05, 0.1) is 5.52 Å². The number of anilines is 1. The van der Waals surface area contributed by atoms with Gasteiger partial charge in [-0.2, -0.15) is 0 Å². The van der Waals surface area contributed by atoms with Crippen molar-refractivity contribution in [2.45, 2.75) is 27.3 Å². The minimum Gasteiger partial charge on any atom is -0.380 e. The Hall–Kier alpha value is -2.35. The number of rotatable bonds is 3. The molecule has 2 heteroatoms. The van der Waals surface area contributed by atoms with Crippen molar-refractivity contribution in [3.05, 3.63) is 70.9 Å². The fourth-order valence-electron chi connectivity index (χ4n) is 2.93. The van der Waals surface area contributed by atoms with Crippen molar-refractivity contribution >= 4 is 16.6 Å². The summed E-state index contributed by atoms with van der Waals surface area (Å²) in [6.07, 6.45) is 1.83. The molecule has 1 aromatic heterocycles. The highest BCUT2D eigenvalue weighted by molar-refractivity contribution is 5.91. The topological polar surface area (TPSA) is 24.9 Å². The monoisotopic (exact) mass is 276 g/mol. The highest BCUT2D eigenvalue weighted by Gasteiger charge is 2.05. The molecule has 3 aromatic rings. The van der Waals surface area contributed by atoms with Gasteiger partial charge < -0.3 is 5.32 Å². The second-order valence-electron chi connectivity index (χ2n) is 5.61. The predicted molar refractivity (Wildman–Crippen MR) is 89.7 cm³/mol. The van der Waals surface area contributed by atoms with Crippen LogP contribution in [0.2, 0.25) is 0 Å². The van der Waals surface area contributed by atoms with E-state index in [1.54, 1.807) is 0 Å². The Bertz CT molecular complexity index is 762. The molecular formula is C19H20N2. The molecule has 0 saturated carbocycles. The van der Waals surface area contributed by atoms with Gasteiger partial charge >= 0.3 is 0 Å². The summed E-state index contributed by atoms with van der Waals surface area (Å²) < 4.78 is 0. The number of nitrogens with one attached hydrogen (secondary N) is 1. The van der Waals surface area contributed by atoms with Crippen LogP contribution in [0.4, 0.5) is 5.69 Å². The van der Waals surface area contributed by atoms with Gasteiger partial charge in [-0.05, 0) is 61.7 Å². The molecule has 0 aliphatic heterocycles. The molecule has 0 bridgehead atoms. The van der Waals surface area contributed by atoms with Gasteiger partial charge in [-0.3, -0.25) is 4.98 Å². The maximum Gasteiger partial charge on any atom is 0.0722 e. The van der Waals surface area contributed by atoms with Crippen LogP contribution in [-0.4, -0.2) is 4.98 Å². The Morgan fingerprint density at radius 2 is 1.71 bits per heavy atom. The predicted octanol–water partition coefficient (Wildman–Crippen LogP) is 4.77. The van der Waals surface area contributed by atoms with Crippen molar-refractivity contribution < 1.29 is 0 Å². The highest BCUT2D eigenvalue weighted by Crippen LogP contribution is 2.23. The molecule has 1 heterocycles. The summed E-state index contributed by atoms with van der Waals surface area (Å²) in [4.78, 5) is 4.40. The first-order valence-corrected chi connectivity index (χ1v) is 7.29. The number of aryl methyl sites for hydroxylation is 3. The van der Waals surface area contributed by atoms with E-state index in [1.807, 2.05) is 24.4 Å². The first-order chi connectivity index (χ1) is 10.1. The van der Waals surface area contributed by atoms with E-state index in [-0.39, 0.29) is 0 Å². The van der Waals surface area contributed by atoms with E-state index in [4.69, 9.17) is 0 Å². The molecule has 3 rings (SSSR count). The average Bonchev–Trinajstić information content (AvgIpc) is 2.46. The fourth-order valence-corrected chi connectivity index (χ4v) is 2.93. The van der Waals surface area contributed by atoms with E-state index in [0.717, 1.165) is 17.7 Å². The van der Waals surface area contributed by atoms with Crippen LogP contribution in [0, 0.1) is 20.8 Å². The lowest BCUT2D eigenvalue weighted by Crippen LogP contribution is -2.04. The molecule has 21 heavy (non-hydrogen) atoms. The zero-order valence-electron chi connectivity index (χ0n) is 12.8. The highest BCUT2D eigenvalue weighted by atomic mass is 14.9. The quantitative estimate of drug-likeness (QED) is 0.745. The SMILES string of the molecule is Cc1cc(C)c(CNc2cccc3ncccc23)c(C)c1.